The summed E-state index contributed by atoms with van der Waals surface area (Å²) in [5.41, 5.74) is 1.24. The van der Waals surface area contributed by atoms with E-state index in [0.717, 1.165) is 5.56 Å². The van der Waals surface area contributed by atoms with Gasteiger partial charge in [-0.2, -0.15) is 4.98 Å². The average Bonchev–Trinajstić information content (AvgIpc) is 3.06. The maximum Gasteiger partial charge on any atom is 0.257 e. The highest BCUT2D eigenvalue weighted by Crippen LogP contribution is 2.21. The summed E-state index contributed by atoms with van der Waals surface area (Å²) in [6.07, 6.45) is 3.11. The van der Waals surface area contributed by atoms with Gasteiger partial charge >= 0.3 is 0 Å². The van der Waals surface area contributed by atoms with Crippen molar-refractivity contribution >= 4 is 17.5 Å². The Bertz CT molecular complexity index is 802. The minimum absolute atomic E-state index is 0.247. The van der Waals surface area contributed by atoms with Crippen LogP contribution in [-0.2, 0) is 0 Å². The molecule has 0 fully saturated rings. The van der Waals surface area contributed by atoms with Crippen molar-refractivity contribution < 1.29 is 9.32 Å². The molecule has 0 aliphatic heterocycles. The number of aromatic nitrogens is 3. The number of benzene rings is 1. The van der Waals surface area contributed by atoms with Gasteiger partial charge in [-0.05, 0) is 43.3 Å². The first kappa shape index (κ1) is 15.2. The van der Waals surface area contributed by atoms with Gasteiger partial charge in [-0.25, -0.2) is 0 Å². The van der Waals surface area contributed by atoms with Crippen LogP contribution in [0.2, 0.25) is 5.02 Å². The number of halogens is 1. The van der Waals surface area contributed by atoms with E-state index in [1.54, 1.807) is 49.5 Å². The fourth-order valence-corrected chi connectivity index (χ4v) is 2.09. The van der Waals surface area contributed by atoms with E-state index in [0.29, 0.717) is 22.3 Å². The van der Waals surface area contributed by atoms with Gasteiger partial charge in [0.05, 0.1) is 11.6 Å². The van der Waals surface area contributed by atoms with Crippen LogP contribution in [-0.4, -0.2) is 21.0 Å². The number of nitrogens with one attached hydrogen (secondary N) is 1. The summed E-state index contributed by atoms with van der Waals surface area (Å²) < 4.78 is 5.23. The maximum absolute atomic E-state index is 12.1. The second kappa shape index (κ2) is 6.58. The topological polar surface area (TPSA) is 80.9 Å². The molecule has 0 aliphatic carbocycles. The summed E-state index contributed by atoms with van der Waals surface area (Å²) in [6.45, 7) is 1.78. The Morgan fingerprint density at radius 1 is 1.26 bits per heavy atom. The second-order valence-electron chi connectivity index (χ2n) is 4.90. The smallest absolute Gasteiger partial charge is 0.257 e. The van der Waals surface area contributed by atoms with Crippen LogP contribution in [0.25, 0.3) is 11.5 Å². The lowest BCUT2D eigenvalue weighted by Gasteiger charge is -2.09. The molecule has 23 heavy (non-hydrogen) atoms. The lowest BCUT2D eigenvalue weighted by molar-refractivity contribution is 0.0937. The summed E-state index contributed by atoms with van der Waals surface area (Å²) in [6, 6.07) is 10.1. The largest absolute Gasteiger partial charge is 0.342 e. The Hall–Kier alpha value is -2.73. The van der Waals surface area contributed by atoms with Gasteiger partial charge < -0.3 is 9.84 Å². The predicted molar refractivity (Wildman–Crippen MR) is 84.9 cm³/mol. The lowest BCUT2D eigenvalue weighted by Crippen LogP contribution is -2.27. The summed E-state index contributed by atoms with van der Waals surface area (Å²) in [4.78, 5) is 20.3. The number of pyridine rings is 1. The van der Waals surface area contributed by atoms with Gasteiger partial charge in [-0.1, -0.05) is 16.8 Å². The van der Waals surface area contributed by atoms with E-state index in [1.165, 1.54) is 6.20 Å². The fraction of sp³-hybridized carbons (Fsp3) is 0.125. The van der Waals surface area contributed by atoms with Crippen LogP contribution < -0.4 is 5.32 Å². The maximum atomic E-state index is 12.1. The molecule has 1 atom stereocenters. The molecule has 7 heteroatoms. The molecule has 1 aromatic carbocycles. The van der Waals surface area contributed by atoms with E-state index in [-0.39, 0.29) is 5.91 Å². The van der Waals surface area contributed by atoms with Gasteiger partial charge in [0.15, 0.2) is 5.82 Å². The van der Waals surface area contributed by atoms with E-state index in [9.17, 15) is 4.79 Å². The lowest BCUT2D eigenvalue weighted by atomic mass is 10.2. The van der Waals surface area contributed by atoms with E-state index in [2.05, 4.69) is 20.4 Å². The highest BCUT2D eigenvalue weighted by Gasteiger charge is 2.17. The van der Waals surface area contributed by atoms with Crippen molar-refractivity contribution in [3.8, 4) is 11.5 Å². The van der Waals surface area contributed by atoms with Gasteiger partial charge in [0, 0.05) is 23.0 Å². The quantitative estimate of drug-likeness (QED) is 0.795. The molecule has 2 heterocycles. The molecule has 1 amide bonds. The van der Waals surface area contributed by atoms with Crippen molar-refractivity contribution in [1.82, 2.24) is 20.4 Å². The van der Waals surface area contributed by atoms with Crippen LogP contribution in [0.15, 0.2) is 53.3 Å². The van der Waals surface area contributed by atoms with Crippen LogP contribution in [0.4, 0.5) is 0 Å². The monoisotopic (exact) mass is 328 g/mol. The molecule has 0 spiro atoms. The predicted octanol–water partition coefficient (Wildman–Crippen LogP) is 3.28. The van der Waals surface area contributed by atoms with Gasteiger partial charge in [0.2, 0.25) is 0 Å². The molecule has 2 aromatic heterocycles. The Labute approximate surface area is 137 Å². The average molecular weight is 329 g/mol. The van der Waals surface area contributed by atoms with Crippen LogP contribution in [0, 0.1) is 0 Å². The van der Waals surface area contributed by atoms with Gasteiger partial charge in [-0.3, -0.25) is 9.78 Å². The molecular formula is C16H13ClN4O2. The Kier molecular flexibility index (Phi) is 4.34. The Balaban J connectivity index is 1.72. The highest BCUT2D eigenvalue weighted by molar-refractivity contribution is 6.30. The third kappa shape index (κ3) is 3.54. The zero-order valence-corrected chi connectivity index (χ0v) is 13.0. The van der Waals surface area contributed by atoms with Crippen molar-refractivity contribution in [1.29, 1.82) is 0 Å². The minimum Gasteiger partial charge on any atom is -0.342 e. The highest BCUT2D eigenvalue weighted by atomic mass is 35.5. The molecule has 1 N–H and O–H groups in total. The summed E-state index contributed by atoms with van der Waals surface area (Å²) in [7, 11) is 0. The molecule has 116 valence electrons. The number of hydrogen-bond acceptors (Lipinski definition) is 5. The van der Waals surface area contributed by atoms with Crippen LogP contribution in [0.5, 0.6) is 0 Å². The van der Waals surface area contributed by atoms with Crippen LogP contribution in [0.3, 0.4) is 0 Å². The van der Waals surface area contributed by atoms with E-state index < -0.39 is 6.04 Å². The number of nitrogens with zero attached hydrogens (tertiary/aromatic N) is 3. The second-order valence-corrected chi connectivity index (χ2v) is 5.34. The van der Waals surface area contributed by atoms with E-state index >= 15 is 0 Å². The summed E-state index contributed by atoms with van der Waals surface area (Å²) in [5, 5.41) is 7.34. The third-order valence-corrected chi connectivity index (χ3v) is 3.44. The zero-order chi connectivity index (χ0) is 16.2. The first-order valence-corrected chi connectivity index (χ1v) is 7.32. The van der Waals surface area contributed by atoms with E-state index in [4.69, 9.17) is 16.1 Å². The van der Waals surface area contributed by atoms with Crippen molar-refractivity contribution in [2.45, 2.75) is 13.0 Å². The van der Waals surface area contributed by atoms with Crippen LogP contribution in [0.1, 0.15) is 29.1 Å². The number of amides is 1. The first-order chi connectivity index (χ1) is 11.1. The van der Waals surface area contributed by atoms with E-state index in [1.807, 2.05) is 0 Å². The fourth-order valence-electron chi connectivity index (χ4n) is 1.96. The number of carbonyl (C=O) groups excluding carboxylic acids is 1. The molecular weight excluding hydrogens is 316 g/mol. The SMILES string of the molecule is C[C@@H](NC(=O)c1cccnc1)c1noc(-c2ccc(Cl)cc2)n1. The van der Waals surface area contributed by atoms with Gasteiger partial charge in [-0.15, -0.1) is 0 Å². The molecule has 0 unspecified atom stereocenters. The first-order valence-electron chi connectivity index (χ1n) is 6.94. The van der Waals surface area contributed by atoms with Crippen molar-refractivity contribution in [2.24, 2.45) is 0 Å². The number of carbonyl (C=O) groups is 1. The Morgan fingerprint density at radius 3 is 2.74 bits per heavy atom. The molecule has 3 aromatic rings. The molecule has 0 saturated heterocycles. The molecule has 0 radical (unpaired) electrons. The number of rotatable bonds is 4. The standard InChI is InChI=1S/C16H13ClN4O2/c1-10(19-15(22)12-3-2-8-18-9-12)14-20-16(23-21-14)11-4-6-13(17)7-5-11/h2-10H,1H3,(H,19,22)/t10-/m1/s1. The molecule has 6 nitrogen and oxygen atoms in total. The summed E-state index contributed by atoms with van der Waals surface area (Å²) >= 11 is 5.85. The zero-order valence-electron chi connectivity index (χ0n) is 12.2. The summed E-state index contributed by atoms with van der Waals surface area (Å²) in [5.74, 6) is 0.523. The minimum atomic E-state index is -0.396. The van der Waals surface area contributed by atoms with Crippen molar-refractivity contribution in [3.63, 3.8) is 0 Å². The number of hydrogen-bond donors (Lipinski definition) is 1. The third-order valence-electron chi connectivity index (χ3n) is 3.19. The Morgan fingerprint density at radius 2 is 2.04 bits per heavy atom. The van der Waals surface area contributed by atoms with Crippen molar-refractivity contribution in [2.75, 3.05) is 0 Å². The molecule has 0 bridgehead atoms. The molecule has 0 aliphatic rings. The molecule has 0 saturated carbocycles. The van der Waals surface area contributed by atoms with Crippen LogP contribution >= 0.6 is 11.6 Å². The van der Waals surface area contributed by atoms with Gasteiger partial charge in [0.25, 0.3) is 11.8 Å². The van der Waals surface area contributed by atoms with Crippen molar-refractivity contribution in [3.05, 3.63) is 65.2 Å². The molecule has 3 rings (SSSR count). The van der Waals surface area contributed by atoms with Gasteiger partial charge in [0.1, 0.15) is 0 Å². The normalized spacial score (nSPS) is 11.9.